The molecule has 19 heavy (non-hydrogen) atoms. The third-order valence-electron chi connectivity index (χ3n) is 3.24. The van der Waals surface area contributed by atoms with Crippen molar-refractivity contribution in [3.63, 3.8) is 0 Å². The maximum Gasteiger partial charge on any atom is 0.245 e. The Morgan fingerprint density at radius 3 is 3.21 bits per heavy atom. The number of aromatic nitrogens is 2. The molecule has 1 aromatic heterocycles. The van der Waals surface area contributed by atoms with Crippen LogP contribution in [0, 0.1) is 0 Å². The van der Waals surface area contributed by atoms with Crippen molar-refractivity contribution in [2.45, 2.75) is 31.2 Å². The Morgan fingerprint density at radius 1 is 1.74 bits per heavy atom. The second kappa shape index (κ2) is 6.58. The smallest absolute Gasteiger partial charge is 0.245 e. The first-order chi connectivity index (χ1) is 9.10. The SMILES string of the molecule is CC1OCCC1(O)CNCC(O)COc1cnsn1. The molecule has 8 heteroatoms. The van der Waals surface area contributed by atoms with E-state index in [4.69, 9.17) is 9.47 Å². The molecule has 1 aliphatic rings. The molecule has 1 aromatic rings. The number of hydrogen-bond donors (Lipinski definition) is 3. The fraction of sp³-hybridized carbons (Fsp3) is 0.818. The fourth-order valence-corrected chi connectivity index (χ4v) is 2.28. The number of nitrogens with zero attached hydrogens (tertiary/aromatic N) is 2. The zero-order chi connectivity index (χ0) is 13.7. The van der Waals surface area contributed by atoms with Gasteiger partial charge in [0.1, 0.15) is 24.5 Å². The Hall–Kier alpha value is -0.800. The molecule has 0 bridgehead atoms. The van der Waals surface area contributed by atoms with Crippen LogP contribution in [0.5, 0.6) is 5.88 Å². The monoisotopic (exact) mass is 289 g/mol. The van der Waals surface area contributed by atoms with Gasteiger partial charge in [-0.15, -0.1) is 4.37 Å². The molecular formula is C11H19N3O4S. The third kappa shape index (κ3) is 4.08. The molecule has 0 spiro atoms. The van der Waals surface area contributed by atoms with Crippen molar-refractivity contribution in [3.05, 3.63) is 6.20 Å². The van der Waals surface area contributed by atoms with Crippen molar-refractivity contribution in [2.75, 3.05) is 26.3 Å². The van der Waals surface area contributed by atoms with Crippen molar-refractivity contribution >= 4 is 11.7 Å². The molecule has 0 amide bonds. The Balaban J connectivity index is 1.62. The lowest BCUT2D eigenvalue weighted by atomic mass is 9.97. The Kier molecular flexibility index (Phi) is 5.06. The van der Waals surface area contributed by atoms with Crippen LogP contribution in [0.1, 0.15) is 13.3 Å². The Morgan fingerprint density at radius 2 is 2.58 bits per heavy atom. The summed E-state index contributed by atoms with van der Waals surface area (Å²) in [5.41, 5.74) is -0.848. The maximum absolute atomic E-state index is 10.2. The van der Waals surface area contributed by atoms with Gasteiger partial charge in [-0.3, -0.25) is 0 Å². The van der Waals surface area contributed by atoms with E-state index in [1.54, 1.807) is 0 Å². The van der Waals surface area contributed by atoms with Crippen molar-refractivity contribution in [3.8, 4) is 5.88 Å². The number of hydrogen-bond acceptors (Lipinski definition) is 8. The first-order valence-electron chi connectivity index (χ1n) is 6.23. The van der Waals surface area contributed by atoms with E-state index in [1.165, 1.54) is 6.20 Å². The van der Waals surface area contributed by atoms with Crippen LogP contribution in [0.3, 0.4) is 0 Å². The molecule has 108 valence electrons. The second-order valence-corrected chi connectivity index (χ2v) is 5.26. The van der Waals surface area contributed by atoms with E-state index in [0.717, 1.165) is 11.7 Å². The zero-order valence-corrected chi connectivity index (χ0v) is 11.6. The number of ether oxygens (including phenoxy) is 2. The average Bonchev–Trinajstić information content (AvgIpc) is 2.99. The molecule has 1 aliphatic heterocycles. The largest absolute Gasteiger partial charge is 0.473 e. The van der Waals surface area contributed by atoms with Crippen LogP contribution in [0.15, 0.2) is 6.20 Å². The molecule has 1 fully saturated rings. The molecule has 0 aliphatic carbocycles. The Labute approximate surface area is 115 Å². The van der Waals surface area contributed by atoms with Gasteiger partial charge in [-0.05, 0) is 6.92 Å². The minimum absolute atomic E-state index is 0.142. The molecule has 1 saturated heterocycles. The normalized spacial score (nSPS) is 28.5. The van der Waals surface area contributed by atoms with Crippen LogP contribution < -0.4 is 10.1 Å². The zero-order valence-electron chi connectivity index (χ0n) is 10.8. The highest BCUT2D eigenvalue weighted by atomic mass is 32.1. The van der Waals surface area contributed by atoms with Crippen LogP contribution in [-0.4, -0.2) is 63.1 Å². The summed E-state index contributed by atoms with van der Waals surface area (Å²) < 4.78 is 18.2. The molecule has 0 saturated carbocycles. The van der Waals surface area contributed by atoms with Gasteiger partial charge in [-0.2, -0.15) is 4.37 Å². The topological polar surface area (TPSA) is 96.7 Å². The van der Waals surface area contributed by atoms with Gasteiger partial charge in [-0.25, -0.2) is 0 Å². The summed E-state index contributed by atoms with van der Waals surface area (Å²) >= 11 is 1.06. The number of aliphatic hydroxyl groups is 2. The van der Waals surface area contributed by atoms with Crippen LogP contribution >= 0.6 is 11.7 Å². The third-order valence-corrected chi connectivity index (χ3v) is 3.70. The molecule has 7 nitrogen and oxygen atoms in total. The minimum atomic E-state index is -0.848. The molecule has 3 atom stereocenters. The van der Waals surface area contributed by atoms with E-state index in [0.29, 0.717) is 32.0 Å². The predicted octanol–water partition coefficient (Wildman–Crippen LogP) is -0.593. The summed E-state index contributed by atoms with van der Waals surface area (Å²) in [4.78, 5) is 0. The van der Waals surface area contributed by atoms with Crippen LogP contribution in [-0.2, 0) is 4.74 Å². The van der Waals surface area contributed by atoms with Crippen LogP contribution in [0.2, 0.25) is 0 Å². The van der Waals surface area contributed by atoms with Crippen molar-refractivity contribution in [1.29, 1.82) is 0 Å². The number of aliphatic hydroxyl groups excluding tert-OH is 1. The van der Waals surface area contributed by atoms with Crippen LogP contribution in [0.4, 0.5) is 0 Å². The minimum Gasteiger partial charge on any atom is -0.473 e. The molecule has 3 N–H and O–H groups in total. The number of rotatable bonds is 7. The summed E-state index contributed by atoms with van der Waals surface area (Å²) in [6, 6.07) is 0. The molecule has 0 radical (unpaired) electrons. The first-order valence-corrected chi connectivity index (χ1v) is 6.96. The van der Waals surface area contributed by atoms with Crippen molar-refractivity contribution in [1.82, 2.24) is 14.1 Å². The summed E-state index contributed by atoms with van der Waals surface area (Å²) in [5.74, 6) is 0.417. The van der Waals surface area contributed by atoms with Crippen molar-refractivity contribution < 1.29 is 19.7 Å². The Bertz CT molecular complexity index is 378. The molecule has 0 aromatic carbocycles. The first kappa shape index (κ1) is 14.6. The van der Waals surface area contributed by atoms with Crippen LogP contribution in [0.25, 0.3) is 0 Å². The van der Waals surface area contributed by atoms with Gasteiger partial charge in [0.05, 0.1) is 17.8 Å². The standard InChI is InChI=1S/C11H19N3O4S/c1-8-11(16,2-3-17-8)7-12-4-9(15)6-18-10-5-13-19-14-10/h5,8-9,12,15-16H,2-4,6-7H2,1H3. The van der Waals surface area contributed by atoms with E-state index in [9.17, 15) is 10.2 Å². The van der Waals surface area contributed by atoms with Crippen molar-refractivity contribution in [2.24, 2.45) is 0 Å². The summed E-state index contributed by atoms with van der Waals surface area (Å²) in [5, 5.41) is 23.0. The van der Waals surface area contributed by atoms with Gasteiger partial charge in [-0.1, -0.05) is 0 Å². The van der Waals surface area contributed by atoms with Gasteiger partial charge in [0.15, 0.2) is 0 Å². The lowest BCUT2D eigenvalue weighted by molar-refractivity contribution is -0.0280. The van der Waals surface area contributed by atoms with E-state index in [1.807, 2.05) is 6.92 Å². The van der Waals surface area contributed by atoms with E-state index in [2.05, 4.69) is 14.1 Å². The quantitative estimate of drug-likeness (QED) is 0.617. The molecule has 2 heterocycles. The maximum atomic E-state index is 10.2. The van der Waals surface area contributed by atoms with Gasteiger partial charge >= 0.3 is 0 Å². The predicted molar refractivity (Wildman–Crippen MR) is 69.3 cm³/mol. The van der Waals surface area contributed by atoms with Gasteiger partial charge < -0.3 is 25.0 Å². The highest BCUT2D eigenvalue weighted by Crippen LogP contribution is 2.24. The van der Waals surface area contributed by atoms with Gasteiger partial charge in [0, 0.05) is 26.1 Å². The highest BCUT2D eigenvalue weighted by Gasteiger charge is 2.39. The van der Waals surface area contributed by atoms with E-state index < -0.39 is 11.7 Å². The van der Waals surface area contributed by atoms with Gasteiger partial charge in [0.25, 0.3) is 0 Å². The van der Waals surface area contributed by atoms with E-state index >= 15 is 0 Å². The molecule has 2 rings (SSSR count). The lowest BCUT2D eigenvalue weighted by Crippen LogP contribution is -2.47. The van der Waals surface area contributed by atoms with E-state index in [-0.39, 0.29) is 12.7 Å². The summed E-state index contributed by atoms with van der Waals surface area (Å²) in [6.07, 6.45) is 1.26. The number of nitrogens with one attached hydrogen (secondary N) is 1. The highest BCUT2D eigenvalue weighted by molar-refractivity contribution is 6.99. The summed E-state index contributed by atoms with van der Waals surface area (Å²) in [7, 11) is 0. The molecule has 3 unspecified atom stereocenters. The average molecular weight is 289 g/mol. The molecular weight excluding hydrogens is 270 g/mol. The fourth-order valence-electron chi connectivity index (χ4n) is 1.92. The lowest BCUT2D eigenvalue weighted by Gasteiger charge is -2.26. The summed E-state index contributed by atoms with van der Waals surface area (Å²) in [6.45, 7) is 3.30. The second-order valence-electron chi connectivity index (χ2n) is 4.71. The van der Waals surface area contributed by atoms with Gasteiger partial charge in [0.2, 0.25) is 5.88 Å².